The van der Waals surface area contributed by atoms with Gasteiger partial charge >= 0.3 is 0 Å². The molecule has 0 radical (unpaired) electrons. The second-order valence-corrected chi connectivity index (χ2v) is 18.5. The molecule has 0 fully saturated rings. The summed E-state index contributed by atoms with van der Waals surface area (Å²) in [6.07, 6.45) is -7.88. The Morgan fingerprint density at radius 1 is 0.386 bits per heavy atom. The molecule has 0 saturated carbocycles. The SMILES string of the molecule is CS(=O)(=O)OCC(O)C(O)COS(C)(=O)=O.CS(=O)(=O)OC[C@@H](OS(C)(=O)=O)[C@@H](O)[C@H](O)[C@@H](COS(C)(=O)=O)OS(C)(=O)=O. The van der Waals surface area contributed by atoms with Crippen LogP contribution in [-0.2, 0) is 85.8 Å². The molecular weight excluding hydrogens is 737 g/mol. The van der Waals surface area contributed by atoms with E-state index in [0.29, 0.717) is 25.0 Å². The first-order valence-corrected chi connectivity index (χ1v) is 22.0. The van der Waals surface area contributed by atoms with Crippen LogP contribution in [0, 0.1) is 0 Å². The van der Waals surface area contributed by atoms with Crippen LogP contribution in [0.15, 0.2) is 0 Å². The Morgan fingerprint density at radius 3 is 0.773 bits per heavy atom. The van der Waals surface area contributed by atoms with Crippen LogP contribution in [0.25, 0.3) is 0 Å². The van der Waals surface area contributed by atoms with Crippen molar-refractivity contribution in [2.45, 2.75) is 36.6 Å². The van der Waals surface area contributed by atoms with Crippen molar-refractivity contribution >= 4 is 60.7 Å². The van der Waals surface area contributed by atoms with E-state index in [2.05, 4.69) is 25.1 Å². The first kappa shape index (κ1) is 45.4. The highest BCUT2D eigenvalue weighted by molar-refractivity contribution is 7.87. The molecule has 0 aromatic carbocycles. The van der Waals surface area contributed by atoms with Crippen molar-refractivity contribution < 1.29 is 96.0 Å². The monoisotopic (exact) mass is 772 g/mol. The summed E-state index contributed by atoms with van der Waals surface area (Å²) in [4.78, 5) is 0. The molecule has 0 amide bonds. The standard InChI is InChI=1S/C10H22O14S4.C6H14O8S2/c1-25(13,14)21-5-7(23-27(3,17)18)9(11)10(12)8(24-28(4,19)20)6-22-26(2,15)16;1-15(9,10)13-3-5(7)6(8)4-14-16(2,11)12/h7-12H,5-6H2,1-4H3;5-8H,3-4H2,1-2H3/t7-,8-,9-,10-;/m1./s1. The molecule has 2 unspecified atom stereocenters. The number of hydrogen-bond acceptors (Lipinski definition) is 22. The average molecular weight is 773 g/mol. The number of hydrogen-bond donors (Lipinski definition) is 4. The zero-order chi connectivity index (χ0) is 35.5. The van der Waals surface area contributed by atoms with Crippen LogP contribution < -0.4 is 0 Å². The molecule has 0 rings (SSSR count). The van der Waals surface area contributed by atoms with Gasteiger partial charge in [0.1, 0.15) is 36.6 Å². The average Bonchev–Trinajstić information content (AvgIpc) is 2.77. The van der Waals surface area contributed by atoms with Gasteiger partial charge in [0.05, 0.1) is 64.0 Å². The van der Waals surface area contributed by atoms with Crippen molar-refractivity contribution in [2.24, 2.45) is 0 Å². The van der Waals surface area contributed by atoms with Crippen molar-refractivity contribution in [3.05, 3.63) is 0 Å². The second-order valence-electron chi connectivity index (χ2n) is 8.75. The van der Waals surface area contributed by atoms with E-state index in [9.17, 15) is 60.7 Å². The molecule has 0 aliphatic rings. The van der Waals surface area contributed by atoms with E-state index in [4.69, 9.17) is 10.2 Å². The lowest BCUT2D eigenvalue weighted by molar-refractivity contribution is -0.103. The molecule has 0 aromatic heterocycles. The second kappa shape index (κ2) is 18.0. The van der Waals surface area contributed by atoms with E-state index in [0.717, 1.165) is 12.5 Å². The van der Waals surface area contributed by atoms with E-state index in [1.807, 2.05) is 0 Å². The third-order valence-electron chi connectivity index (χ3n) is 3.95. The van der Waals surface area contributed by atoms with E-state index >= 15 is 0 Å². The maximum Gasteiger partial charge on any atom is 0.264 e. The molecule has 44 heavy (non-hydrogen) atoms. The van der Waals surface area contributed by atoms with Crippen LogP contribution in [0.2, 0.25) is 0 Å². The molecule has 0 saturated heterocycles. The normalized spacial score (nSPS) is 17.9. The summed E-state index contributed by atoms with van der Waals surface area (Å²) in [5.41, 5.74) is 0. The molecule has 28 heteroatoms. The Kier molecular flexibility index (Phi) is 18.6. The van der Waals surface area contributed by atoms with Gasteiger partial charge in [0.2, 0.25) is 0 Å². The predicted molar refractivity (Wildman–Crippen MR) is 147 cm³/mol. The maximum absolute atomic E-state index is 11.3. The molecule has 0 aliphatic heterocycles. The Balaban J connectivity index is 0. The molecule has 0 bridgehead atoms. The molecular formula is C16H36O22S6. The van der Waals surface area contributed by atoms with Gasteiger partial charge in [-0.2, -0.15) is 50.5 Å². The van der Waals surface area contributed by atoms with Crippen LogP contribution in [0.3, 0.4) is 0 Å². The number of aliphatic hydroxyl groups excluding tert-OH is 4. The van der Waals surface area contributed by atoms with Gasteiger partial charge in [0.15, 0.2) is 0 Å². The topological polar surface area (TPSA) is 341 Å². The fourth-order valence-corrected chi connectivity index (χ4v) is 5.02. The summed E-state index contributed by atoms with van der Waals surface area (Å²) < 4.78 is 158. The van der Waals surface area contributed by atoms with E-state index < -0.39 is 124 Å². The van der Waals surface area contributed by atoms with Gasteiger partial charge in [-0.3, -0.25) is 25.1 Å². The van der Waals surface area contributed by atoms with Crippen LogP contribution in [0.4, 0.5) is 0 Å². The third-order valence-corrected chi connectivity index (χ3v) is 7.40. The van der Waals surface area contributed by atoms with E-state index in [-0.39, 0.29) is 0 Å². The van der Waals surface area contributed by atoms with E-state index in [1.54, 1.807) is 0 Å². The fourth-order valence-electron chi connectivity index (χ4n) is 2.25. The van der Waals surface area contributed by atoms with E-state index in [1.165, 1.54) is 0 Å². The predicted octanol–water partition coefficient (Wildman–Crippen LogP) is -5.99. The van der Waals surface area contributed by atoms with Gasteiger partial charge in [0.25, 0.3) is 60.7 Å². The van der Waals surface area contributed by atoms with Gasteiger partial charge < -0.3 is 20.4 Å². The van der Waals surface area contributed by atoms with Crippen molar-refractivity contribution in [3.8, 4) is 0 Å². The van der Waals surface area contributed by atoms with Crippen molar-refractivity contribution in [1.82, 2.24) is 0 Å². The Labute approximate surface area is 256 Å². The molecule has 0 spiro atoms. The Bertz CT molecular complexity index is 1410. The first-order valence-electron chi connectivity index (χ1n) is 11.1. The minimum atomic E-state index is -4.30. The summed E-state index contributed by atoms with van der Waals surface area (Å²) in [6, 6.07) is 0. The maximum atomic E-state index is 11.3. The lowest BCUT2D eigenvalue weighted by Gasteiger charge is -2.29. The van der Waals surface area contributed by atoms with Crippen LogP contribution in [0.5, 0.6) is 0 Å². The van der Waals surface area contributed by atoms with Gasteiger partial charge in [0, 0.05) is 0 Å². The Hall–Kier alpha value is -0.700. The van der Waals surface area contributed by atoms with Gasteiger partial charge in [-0.15, -0.1) is 0 Å². The van der Waals surface area contributed by atoms with Gasteiger partial charge in [-0.25, -0.2) is 0 Å². The molecule has 4 N–H and O–H groups in total. The summed E-state index contributed by atoms with van der Waals surface area (Å²) in [5.74, 6) is 0. The first-order chi connectivity index (χ1) is 19.2. The summed E-state index contributed by atoms with van der Waals surface area (Å²) in [5, 5.41) is 38.6. The number of aliphatic hydroxyl groups is 4. The largest absolute Gasteiger partial charge is 0.388 e. The van der Waals surface area contributed by atoms with Gasteiger partial charge in [-0.05, 0) is 0 Å². The van der Waals surface area contributed by atoms with Crippen LogP contribution in [0.1, 0.15) is 0 Å². The molecule has 268 valence electrons. The molecule has 0 heterocycles. The third kappa shape index (κ3) is 27.6. The molecule has 0 aliphatic carbocycles. The zero-order valence-corrected chi connectivity index (χ0v) is 28.8. The van der Waals surface area contributed by atoms with Crippen molar-refractivity contribution in [2.75, 3.05) is 64.0 Å². The minimum Gasteiger partial charge on any atom is -0.388 e. The summed E-state index contributed by atoms with van der Waals surface area (Å²) >= 11 is 0. The summed E-state index contributed by atoms with van der Waals surface area (Å²) in [6.45, 7) is -3.51. The highest BCUT2D eigenvalue weighted by Gasteiger charge is 2.38. The summed E-state index contributed by atoms with van der Waals surface area (Å²) in [7, 11) is -24.3. The number of rotatable bonds is 20. The fraction of sp³-hybridized carbons (Fsp3) is 1.00. The molecule has 0 aromatic rings. The van der Waals surface area contributed by atoms with Crippen molar-refractivity contribution in [1.29, 1.82) is 0 Å². The van der Waals surface area contributed by atoms with Crippen LogP contribution >= 0.6 is 0 Å². The lowest BCUT2D eigenvalue weighted by atomic mass is 10.0. The lowest BCUT2D eigenvalue weighted by Crippen LogP contribution is -2.50. The van der Waals surface area contributed by atoms with Crippen LogP contribution in [-0.4, -0.2) is 172 Å². The smallest absolute Gasteiger partial charge is 0.264 e. The highest BCUT2D eigenvalue weighted by atomic mass is 32.2. The Morgan fingerprint density at radius 2 is 0.591 bits per heavy atom. The molecule has 22 nitrogen and oxygen atoms in total. The van der Waals surface area contributed by atoms with Crippen molar-refractivity contribution in [3.63, 3.8) is 0 Å². The molecule has 6 atom stereocenters. The zero-order valence-electron chi connectivity index (χ0n) is 23.9. The quantitative estimate of drug-likeness (QED) is 0.0837. The van der Waals surface area contributed by atoms with Gasteiger partial charge in [-0.1, -0.05) is 0 Å². The minimum absolute atomic E-state index is 0.552. The highest BCUT2D eigenvalue weighted by Crippen LogP contribution is 2.16.